The second kappa shape index (κ2) is 4.67. The molecule has 2 heterocycles. The largest absolute Gasteiger partial charge is 0.376 e. The van der Waals surface area contributed by atoms with E-state index in [1.54, 1.807) is 6.07 Å². The first kappa shape index (κ1) is 11.1. The predicted molar refractivity (Wildman–Crippen MR) is 68.3 cm³/mol. The number of aromatic nitrogens is 2. The molecule has 1 aromatic carbocycles. The molecule has 0 amide bonds. The maximum Gasteiger partial charge on any atom is 0.201 e. The van der Waals surface area contributed by atoms with Gasteiger partial charge in [-0.05, 0) is 25.0 Å². The number of para-hydroxylation sites is 1. The number of H-pyrrole nitrogens is 1. The third-order valence-corrected chi connectivity index (χ3v) is 3.15. The number of rotatable bonds is 3. The Morgan fingerprint density at radius 2 is 2.50 bits per heavy atom. The molecule has 1 unspecified atom stereocenters. The molecule has 1 saturated heterocycles. The summed E-state index contributed by atoms with van der Waals surface area (Å²) in [5.41, 5.74) is 2.19. The number of hydrogen-bond acceptors (Lipinski definition) is 4. The van der Waals surface area contributed by atoms with Crippen molar-refractivity contribution in [3.63, 3.8) is 0 Å². The fraction of sp³-hybridized carbons (Fsp3) is 0.385. The Bertz CT molecular complexity index is 593. The van der Waals surface area contributed by atoms with Gasteiger partial charge in [0.1, 0.15) is 11.6 Å². The molecule has 1 aliphatic heterocycles. The molecule has 5 heteroatoms. The van der Waals surface area contributed by atoms with E-state index in [1.807, 2.05) is 12.1 Å². The SMILES string of the molecule is N#Cc1cccc2[nH]c(NCC3CCCO3)nc12. The van der Waals surface area contributed by atoms with E-state index in [1.165, 1.54) is 0 Å². The van der Waals surface area contributed by atoms with Crippen molar-refractivity contribution in [2.24, 2.45) is 0 Å². The van der Waals surface area contributed by atoms with E-state index in [0.29, 0.717) is 11.5 Å². The minimum Gasteiger partial charge on any atom is -0.376 e. The van der Waals surface area contributed by atoms with Crippen molar-refractivity contribution in [1.29, 1.82) is 5.26 Å². The Morgan fingerprint density at radius 1 is 1.56 bits per heavy atom. The highest BCUT2D eigenvalue weighted by Gasteiger charge is 2.15. The van der Waals surface area contributed by atoms with Gasteiger partial charge in [-0.2, -0.15) is 5.26 Å². The molecule has 0 bridgehead atoms. The Hall–Kier alpha value is -2.06. The highest BCUT2D eigenvalue weighted by atomic mass is 16.5. The number of nitriles is 1. The molecule has 5 nitrogen and oxygen atoms in total. The second-order valence-electron chi connectivity index (χ2n) is 4.41. The molecule has 2 aromatic rings. The lowest BCUT2D eigenvalue weighted by Gasteiger charge is -2.09. The molecule has 1 atom stereocenters. The minimum absolute atomic E-state index is 0.272. The number of ether oxygens (including phenoxy) is 1. The summed E-state index contributed by atoms with van der Waals surface area (Å²) in [6, 6.07) is 7.68. The van der Waals surface area contributed by atoms with E-state index in [4.69, 9.17) is 10.00 Å². The number of fused-ring (bicyclic) bond motifs is 1. The summed E-state index contributed by atoms with van der Waals surface area (Å²) < 4.78 is 5.54. The minimum atomic E-state index is 0.272. The van der Waals surface area contributed by atoms with Gasteiger partial charge in [-0.25, -0.2) is 4.98 Å². The van der Waals surface area contributed by atoms with Gasteiger partial charge >= 0.3 is 0 Å². The lowest BCUT2D eigenvalue weighted by atomic mass is 10.2. The quantitative estimate of drug-likeness (QED) is 0.863. The van der Waals surface area contributed by atoms with E-state index in [2.05, 4.69) is 21.4 Å². The van der Waals surface area contributed by atoms with Crippen molar-refractivity contribution >= 4 is 17.0 Å². The number of imidazole rings is 1. The summed E-state index contributed by atoms with van der Waals surface area (Å²) in [4.78, 5) is 7.57. The van der Waals surface area contributed by atoms with Crippen LogP contribution >= 0.6 is 0 Å². The number of anilines is 1. The van der Waals surface area contributed by atoms with Crippen molar-refractivity contribution in [3.8, 4) is 6.07 Å². The van der Waals surface area contributed by atoms with Gasteiger partial charge in [-0.1, -0.05) is 6.07 Å². The number of nitrogens with one attached hydrogen (secondary N) is 2. The van der Waals surface area contributed by atoms with Crippen LogP contribution < -0.4 is 5.32 Å². The number of nitrogens with zero attached hydrogens (tertiary/aromatic N) is 2. The monoisotopic (exact) mass is 242 g/mol. The summed E-state index contributed by atoms with van der Waals surface area (Å²) in [7, 11) is 0. The molecular formula is C13H14N4O. The number of aromatic amines is 1. The van der Waals surface area contributed by atoms with E-state index < -0.39 is 0 Å². The molecule has 3 rings (SSSR count). The van der Waals surface area contributed by atoms with Crippen LogP contribution in [0.2, 0.25) is 0 Å². The van der Waals surface area contributed by atoms with Crippen LogP contribution in [0.4, 0.5) is 5.95 Å². The number of benzene rings is 1. The molecule has 2 N–H and O–H groups in total. The first-order valence-electron chi connectivity index (χ1n) is 6.11. The van der Waals surface area contributed by atoms with Crippen LogP contribution in [0.3, 0.4) is 0 Å². The molecule has 92 valence electrons. The van der Waals surface area contributed by atoms with E-state index in [0.717, 1.165) is 37.0 Å². The van der Waals surface area contributed by atoms with Gasteiger partial charge in [0.25, 0.3) is 0 Å². The van der Waals surface area contributed by atoms with Gasteiger partial charge < -0.3 is 15.0 Å². The van der Waals surface area contributed by atoms with Crippen molar-refractivity contribution in [2.75, 3.05) is 18.5 Å². The Labute approximate surface area is 105 Å². The van der Waals surface area contributed by atoms with Crippen LogP contribution in [0.15, 0.2) is 18.2 Å². The first-order valence-corrected chi connectivity index (χ1v) is 6.11. The zero-order chi connectivity index (χ0) is 12.4. The van der Waals surface area contributed by atoms with Crippen LogP contribution in [0.5, 0.6) is 0 Å². The molecule has 1 aliphatic rings. The lowest BCUT2D eigenvalue weighted by Crippen LogP contribution is -2.18. The highest BCUT2D eigenvalue weighted by molar-refractivity contribution is 5.83. The molecule has 1 fully saturated rings. The zero-order valence-electron chi connectivity index (χ0n) is 9.94. The van der Waals surface area contributed by atoms with Crippen LogP contribution in [0.25, 0.3) is 11.0 Å². The molecule has 0 aliphatic carbocycles. The van der Waals surface area contributed by atoms with E-state index in [9.17, 15) is 0 Å². The predicted octanol–water partition coefficient (Wildman–Crippen LogP) is 2.03. The molecular weight excluding hydrogens is 228 g/mol. The summed E-state index contributed by atoms with van der Waals surface area (Å²) in [6.07, 6.45) is 2.50. The van der Waals surface area contributed by atoms with Crippen molar-refractivity contribution in [2.45, 2.75) is 18.9 Å². The molecule has 18 heavy (non-hydrogen) atoms. The van der Waals surface area contributed by atoms with Gasteiger partial charge in [0.15, 0.2) is 0 Å². The van der Waals surface area contributed by atoms with Crippen LogP contribution in [0.1, 0.15) is 18.4 Å². The van der Waals surface area contributed by atoms with Crippen molar-refractivity contribution in [3.05, 3.63) is 23.8 Å². The van der Waals surface area contributed by atoms with E-state index >= 15 is 0 Å². The third kappa shape index (κ3) is 2.03. The van der Waals surface area contributed by atoms with Crippen LogP contribution in [0, 0.1) is 11.3 Å². The van der Waals surface area contributed by atoms with Gasteiger partial charge in [0.05, 0.1) is 17.2 Å². The number of hydrogen-bond donors (Lipinski definition) is 2. The van der Waals surface area contributed by atoms with Crippen LogP contribution in [-0.4, -0.2) is 29.2 Å². The maximum absolute atomic E-state index is 9.00. The smallest absolute Gasteiger partial charge is 0.201 e. The third-order valence-electron chi connectivity index (χ3n) is 3.15. The average Bonchev–Trinajstić information content (AvgIpc) is 3.04. The topological polar surface area (TPSA) is 73.7 Å². The summed E-state index contributed by atoms with van der Waals surface area (Å²) in [5, 5.41) is 12.2. The summed E-state index contributed by atoms with van der Waals surface area (Å²) >= 11 is 0. The van der Waals surface area contributed by atoms with Gasteiger partial charge in [0, 0.05) is 13.2 Å². The van der Waals surface area contributed by atoms with Gasteiger partial charge in [-0.15, -0.1) is 0 Å². The van der Waals surface area contributed by atoms with Crippen molar-refractivity contribution in [1.82, 2.24) is 9.97 Å². The van der Waals surface area contributed by atoms with Gasteiger partial charge in [0.2, 0.25) is 5.95 Å². The summed E-state index contributed by atoms with van der Waals surface area (Å²) in [5.74, 6) is 0.697. The molecule has 0 saturated carbocycles. The highest BCUT2D eigenvalue weighted by Crippen LogP contribution is 2.18. The first-order chi connectivity index (χ1) is 8.86. The zero-order valence-corrected chi connectivity index (χ0v) is 9.94. The Balaban J connectivity index is 1.78. The van der Waals surface area contributed by atoms with E-state index in [-0.39, 0.29) is 6.10 Å². The maximum atomic E-state index is 9.00. The fourth-order valence-electron chi connectivity index (χ4n) is 2.22. The van der Waals surface area contributed by atoms with Crippen molar-refractivity contribution < 1.29 is 4.74 Å². The molecule has 1 aromatic heterocycles. The summed E-state index contributed by atoms with van der Waals surface area (Å²) in [6.45, 7) is 1.60. The Morgan fingerprint density at radius 3 is 3.28 bits per heavy atom. The standard InChI is InChI=1S/C13H14N4O/c14-7-9-3-1-5-11-12(9)17-13(16-11)15-8-10-4-2-6-18-10/h1,3,5,10H,2,4,6,8H2,(H2,15,16,17). The second-order valence-corrected chi connectivity index (χ2v) is 4.41. The average molecular weight is 242 g/mol. The Kier molecular flexibility index (Phi) is 2.87. The molecule has 0 spiro atoms. The van der Waals surface area contributed by atoms with Gasteiger partial charge in [-0.3, -0.25) is 0 Å². The molecule has 0 radical (unpaired) electrons. The normalized spacial score (nSPS) is 18.9. The lowest BCUT2D eigenvalue weighted by molar-refractivity contribution is 0.120. The van der Waals surface area contributed by atoms with Crippen LogP contribution in [-0.2, 0) is 4.74 Å². The fourth-order valence-corrected chi connectivity index (χ4v) is 2.22.